The summed E-state index contributed by atoms with van der Waals surface area (Å²) in [5.41, 5.74) is 4.42. The predicted molar refractivity (Wildman–Crippen MR) is 120 cm³/mol. The summed E-state index contributed by atoms with van der Waals surface area (Å²) in [5, 5.41) is 7.64. The Balaban J connectivity index is 1.24. The molecule has 6 nitrogen and oxygen atoms in total. The van der Waals surface area contributed by atoms with Crippen molar-refractivity contribution in [1.29, 1.82) is 0 Å². The van der Waals surface area contributed by atoms with Gasteiger partial charge in [-0.2, -0.15) is 5.10 Å². The van der Waals surface area contributed by atoms with Gasteiger partial charge in [0, 0.05) is 43.5 Å². The molecule has 0 aliphatic carbocycles. The third kappa shape index (κ3) is 5.51. The summed E-state index contributed by atoms with van der Waals surface area (Å²) in [6.07, 6.45) is 5.61. The van der Waals surface area contributed by atoms with E-state index in [4.69, 9.17) is 4.74 Å². The lowest BCUT2D eigenvalue weighted by atomic mass is 10.0. The highest BCUT2D eigenvalue weighted by atomic mass is 16.5. The number of aromatic nitrogens is 3. The number of H-pyrrole nitrogens is 1. The van der Waals surface area contributed by atoms with Crippen LogP contribution in [-0.4, -0.2) is 45.7 Å². The number of nitrogens with one attached hydrogen (secondary N) is 1. The van der Waals surface area contributed by atoms with Crippen molar-refractivity contribution in [1.82, 2.24) is 20.1 Å². The number of ether oxygens (including phenoxy) is 1. The number of rotatable bonds is 8. The lowest BCUT2D eigenvalue weighted by Crippen LogP contribution is -2.29. The van der Waals surface area contributed by atoms with Crippen molar-refractivity contribution in [2.75, 3.05) is 19.7 Å². The Morgan fingerprint density at radius 1 is 1.19 bits per heavy atom. The smallest absolute Gasteiger partial charge is 0.227 e. The molecule has 4 rings (SSSR count). The number of carbonyl (C=O) groups excluding carboxylic acids is 1. The first kappa shape index (κ1) is 21.1. The quantitative estimate of drug-likeness (QED) is 0.598. The minimum Gasteiger partial charge on any atom is -0.493 e. The Kier molecular flexibility index (Phi) is 6.65. The van der Waals surface area contributed by atoms with Crippen LogP contribution in [0.2, 0.25) is 0 Å². The Morgan fingerprint density at radius 3 is 2.71 bits per heavy atom. The zero-order valence-corrected chi connectivity index (χ0v) is 18.3. The van der Waals surface area contributed by atoms with Crippen LogP contribution in [-0.2, 0) is 17.6 Å². The van der Waals surface area contributed by atoms with Crippen molar-refractivity contribution in [3.63, 3.8) is 0 Å². The van der Waals surface area contributed by atoms with E-state index in [1.165, 1.54) is 5.56 Å². The van der Waals surface area contributed by atoms with Crippen molar-refractivity contribution in [2.24, 2.45) is 0 Å². The van der Waals surface area contributed by atoms with Crippen LogP contribution >= 0.6 is 0 Å². The first-order valence-corrected chi connectivity index (χ1v) is 11.0. The van der Waals surface area contributed by atoms with Crippen LogP contribution < -0.4 is 4.74 Å². The largest absolute Gasteiger partial charge is 0.493 e. The average Bonchev–Trinajstić information content (AvgIpc) is 3.45. The van der Waals surface area contributed by atoms with Gasteiger partial charge in [-0.1, -0.05) is 26.0 Å². The van der Waals surface area contributed by atoms with Gasteiger partial charge in [-0.25, -0.2) is 0 Å². The number of hydrogen-bond donors (Lipinski definition) is 1. The molecule has 3 heterocycles. The first-order valence-electron chi connectivity index (χ1n) is 11.0. The van der Waals surface area contributed by atoms with Gasteiger partial charge in [0.15, 0.2) is 0 Å². The van der Waals surface area contributed by atoms with Gasteiger partial charge >= 0.3 is 0 Å². The molecular formula is C25H30N4O2. The molecule has 1 fully saturated rings. The molecule has 3 aromatic rings. The van der Waals surface area contributed by atoms with Crippen molar-refractivity contribution in [3.8, 4) is 5.75 Å². The molecule has 31 heavy (non-hydrogen) atoms. The summed E-state index contributed by atoms with van der Waals surface area (Å²) in [4.78, 5) is 18.5. The van der Waals surface area contributed by atoms with Gasteiger partial charge in [-0.05, 0) is 53.8 Å². The lowest BCUT2D eigenvalue weighted by molar-refractivity contribution is -0.129. The Bertz CT molecular complexity index is 982. The van der Waals surface area contributed by atoms with E-state index in [0.717, 1.165) is 48.6 Å². The second-order valence-electron chi connectivity index (χ2n) is 8.50. The van der Waals surface area contributed by atoms with Gasteiger partial charge in [-0.3, -0.25) is 14.9 Å². The SMILES string of the molecule is CC(C)c1ccc(OCCc2cc([C@@H]3CCN(C(=O)Cc4ccncc4)C3)n[nH]2)cc1. The summed E-state index contributed by atoms with van der Waals surface area (Å²) >= 11 is 0. The minimum absolute atomic E-state index is 0.168. The molecule has 0 bridgehead atoms. The molecule has 2 aromatic heterocycles. The third-order valence-electron chi connectivity index (χ3n) is 5.90. The van der Waals surface area contributed by atoms with Gasteiger partial charge < -0.3 is 9.64 Å². The van der Waals surface area contributed by atoms with Crippen molar-refractivity contribution >= 4 is 5.91 Å². The van der Waals surface area contributed by atoms with E-state index in [1.54, 1.807) is 12.4 Å². The molecule has 0 radical (unpaired) electrons. The molecule has 1 saturated heterocycles. The molecule has 6 heteroatoms. The Labute approximate surface area is 183 Å². The summed E-state index contributed by atoms with van der Waals surface area (Å²) in [5.74, 6) is 1.87. The van der Waals surface area contributed by atoms with Crippen LogP contribution in [0.25, 0.3) is 0 Å². The lowest BCUT2D eigenvalue weighted by Gasteiger charge is -2.16. The van der Waals surface area contributed by atoms with E-state index in [0.29, 0.717) is 18.9 Å². The second kappa shape index (κ2) is 9.77. The summed E-state index contributed by atoms with van der Waals surface area (Å²) in [7, 11) is 0. The first-order chi connectivity index (χ1) is 15.1. The highest BCUT2D eigenvalue weighted by Gasteiger charge is 2.28. The van der Waals surface area contributed by atoms with Gasteiger partial charge in [0.1, 0.15) is 5.75 Å². The van der Waals surface area contributed by atoms with Crippen LogP contribution in [0.5, 0.6) is 5.75 Å². The van der Waals surface area contributed by atoms with Crippen LogP contribution in [0.1, 0.15) is 54.6 Å². The van der Waals surface area contributed by atoms with Gasteiger partial charge in [0.2, 0.25) is 5.91 Å². The predicted octanol–water partition coefficient (Wildman–Crippen LogP) is 4.11. The maximum Gasteiger partial charge on any atom is 0.227 e. The average molecular weight is 419 g/mol. The molecule has 162 valence electrons. The van der Waals surface area contributed by atoms with Gasteiger partial charge in [-0.15, -0.1) is 0 Å². The molecule has 1 atom stereocenters. The van der Waals surface area contributed by atoms with Gasteiger partial charge in [0.05, 0.1) is 18.7 Å². The number of nitrogens with zero attached hydrogens (tertiary/aromatic N) is 3. The number of likely N-dealkylation sites (tertiary alicyclic amines) is 1. The topological polar surface area (TPSA) is 71.1 Å². The standard InChI is InChI=1S/C25H30N4O2/c1-18(2)20-3-5-23(6-4-20)31-14-10-22-16-24(28-27-22)21-9-13-29(17-21)25(30)15-19-7-11-26-12-8-19/h3-8,11-12,16,18,21H,9-10,13-15,17H2,1-2H3,(H,27,28)/t21-/m1/s1. The number of hydrogen-bond acceptors (Lipinski definition) is 4. The molecule has 1 amide bonds. The number of carbonyl (C=O) groups is 1. The minimum atomic E-state index is 0.168. The Morgan fingerprint density at radius 2 is 1.97 bits per heavy atom. The summed E-state index contributed by atoms with van der Waals surface area (Å²) < 4.78 is 5.88. The number of benzene rings is 1. The maximum absolute atomic E-state index is 12.6. The van der Waals surface area contributed by atoms with E-state index < -0.39 is 0 Å². The van der Waals surface area contributed by atoms with E-state index >= 15 is 0 Å². The monoisotopic (exact) mass is 418 g/mol. The van der Waals surface area contributed by atoms with Crippen molar-refractivity contribution in [2.45, 2.75) is 44.9 Å². The van der Waals surface area contributed by atoms with E-state index in [9.17, 15) is 4.79 Å². The number of amides is 1. The fourth-order valence-corrected chi connectivity index (χ4v) is 3.96. The van der Waals surface area contributed by atoms with Crippen LogP contribution in [0.15, 0.2) is 54.9 Å². The normalized spacial score (nSPS) is 16.1. The number of aromatic amines is 1. The molecule has 1 aliphatic rings. The summed E-state index contributed by atoms with van der Waals surface area (Å²) in [6, 6.07) is 14.2. The zero-order valence-electron chi connectivity index (χ0n) is 18.3. The molecule has 0 saturated carbocycles. The Hall–Kier alpha value is -3.15. The van der Waals surface area contributed by atoms with Crippen molar-refractivity contribution < 1.29 is 9.53 Å². The molecule has 1 aliphatic heterocycles. The van der Waals surface area contributed by atoms with E-state index in [1.807, 2.05) is 29.2 Å². The molecule has 0 unspecified atom stereocenters. The molecule has 1 aromatic carbocycles. The van der Waals surface area contributed by atoms with Crippen LogP contribution in [0, 0.1) is 0 Å². The third-order valence-corrected chi connectivity index (χ3v) is 5.90. The summed E-state index contributed by atoms with van der Waals surface area (Å²) in [6.45, 7) is 6.49. The van der Waals surface area contributed by atoms with Crippen LogP contribution in [0.4, 0.5) is 0 Å². The molecular weight excluding hydrogens is 388 g/mol. The van der Waals surface area contributed by atoms with Crippen molar-refractivity contribution in [3.05, 3.63) is 77.4 Å². The van der Waals surface area contributed by atoms with Crippen LogP contribution in [0.3, 0.4) is 0 Å². The highest BCUT2D eigenvalue weighted by molar-refractivity contribution is 5.79. The number of pyridine rings is 1. The van der Waals surface area contributed by atoms with Gasteiger partial charge in [0.25, 0.3) is 0 Å². The fraction of sp³-hybridized carbons (Fsp3) is 0.400. The molecule has 0 spiro atoms. The van der Waals surface area contributed by atoms with E-state index in [-0.39, 0.29) is 11.8 Å². The van der Waals surface area contributed by atoms with E-state index in [2.05, 4.69) is 47.2 Å². The zero-order chi connectivity index (χ0) is 21.6. The molecule has 1 N–H and O–H groups in total. The fourth-order valence-electron chi connectivity index (χ4n) is 3.96. The second-order valence-corrected chi connectivity index (χ2v) is 8.50. The highest BCUT2D eigenvalue weighted by Crippen LogP contribution is 2.27. The maximum atomic E-state index is 12.6.